The van der Waals surface area contributed by atoms with Gasteiger partial charge in [-0.25, -0.2) is 8.42 Å². The second-order valence-corrected chi connectivity index (χ2v) is 9.17. The van der Waals surface area contributed by atoms with Crippen molar-refractivity contribution in [1.29, 1.82) is 0 Å². The minimum Gasteiger partial charge on any atom is -0.492 e. The highest BCUT2D eigenvalue weighted by molar-refractivity contribution is 7.89. The van der Waals surface area contributed by atoms with Gasteiger partial charge in [0.15, 0.2) is 0 Å². The van der Waals surface area contributed by atoms with Gasteiger partial charge >= 0.3 is 0 Å². The molecule has 6 nitrogen and oxygen atoms in total. The third-order valence-electron chi connectivity index (χ3n) is 4.41. The normalized spacial score (nSPS) is 12.7. The van der Waals surface area contributed by atoms with E-state index in [0.29, 0.717) is 18.0 Å². The Kier molecular flexibility index (Phi) is 7.68. The maximum Gasteiger partial charge on any atom is 0.242 e. The Hall–Kier alpha value is -2.09. The summed E-state index contributed by atoms with van der Waals surface area (Å²) >= 11 is 6.09. The van der Waals surface area contributed by atoms with Gasteiger partial charge in [-0.3, -0.25) is 4.79 Å². The third kappa shape index (κ3) is 5.72. The van der Waals surface area contributed by atoms with Crippen molar-refractivity contribution in [2.45, 2.75) is 51.5 Å². The van der Waals surface area contributed by atoms with Crippen molar-refractivity contribution in [3.05, 3.63) is 52.5 Å². The van der Waals surface area contributed by atoms with E-state index in [0.717, 1.165) is 11.1 Å². The number of carbonyl (C=O) groups is 1. The lowest BCUT2D eigenvalue weighted by molar-refractivity contribution is -0.117. The quantitative estimate of drug-likeness (QED) is 0.636. The molecule has 0 spiro atoms. The van der Waals surface area contributed by atoms with E-state index >= 15 is 0 Å². The van der Waals surface area contributed by atoms with Crippen LogP contribution in [0.15, 0.2) is 41.3 Å². The number of nitrogens with one attached hydrogen (secondary N) is 2. The Morgan fingerprint density at radius 2 is 1.86 bits per heavy atom. The molecule has 0 aliphatic carbocycles. The molecular weight excluding hydrogens is 412 g/mol. The van der Waals surface area contributed by atoms with E-state index in [4.69, 9.17) is 16.3 Å². The first-order valence-corrected chi connectivity index (χ1v) is 11.3. The van der Waals surface area contributed by atoms with Gasteiger partial charge in [0.25, 0.3) is 0 Å². The van der Waals surface area contributed by atoms with Crippen LogP contribution in [0.25, 0.3) is 0 Å². The van der Waals surface area contributed by atoms with Crippen molar-refractivity contribution in [3.63, 3.8) is 0 Å². The van der Waals surface area contributed by atoms with Gasteiger partial charge in [0, 0.05) is 5.69 Å². The SMILES string of the molecule is CCOc1ccc(S(=O)(=O)N[C@H](C)C(=O)Nc2c(C)cccc2C(C)C)cc1Cl. The summed E-state index contributed by atoms with van der Waals surface area (Å²) in [6, 6.07) is 8.99. The summed E-state index contributed by atoms with van der Waals surface area (Å²) in [4.78, 5) is 12.6. The monoisotopic (exact) mass is 438 g/mol. The molecule has 158 valence electrons. The maximum atomic E-state index is 12.7. The summed E-state index contributed by atoms with van der Waals surface area (Å²) in [6.07, 6.45) is 0. The molecule has 0 aromatic heterocycles. The van der Waals surface area contributed by atoms with Crippen LogP contribution in [0.1, 0.15) is 44.7 Å². The number of sulfonamides is 1. The van der Waals surface area contributed by atoms with Gasteiger partial charge in [-0.15, -0.1) is 0 Å². The Bertz CT molecular complexity index is 990. The summed E-state index contributed by atoms with van der Waals surface area (Å²) in [5, 5.41) is 3.05. The van der Waals surface area contributed by atoms with E-state index in [2.05, 4.69) is 10.0 Å². The van der Waals surface area contributed by atoms with Crippen LogP contribution in [0.4, 0.5) is 5.69 Å². The van der Waals surface area contributed by atoms with Crippen LogP contribution in [0, 0.1) is 6.92 Å². The predicted octanol–water partition coefficient (Wildman–Crippen LogP) is 4.48. The average Bonchev–Trinajstić information content (AvgIpc) is 2.64. The summed E-state index contributed by atoms with van der Waals surface area (Å²) in [6.45, 7) is 9.69. The molecule has 0 fully saturated rings. The van der Waals surface area contributed by atoms with Gasteiger partial charge in [0.05, 0.1) is 22.6 Å². The molecule has 0 aliphatic rings. The van der Waals surface area contributed by atoms with Crippen LogP contribution in [0.5, 0.6) is 5.75 Å². The first-order chi connectivity index (χ1) is 13.6. The number of ether oxygens (including phenoxy) is 1. The average molecular weight is 439 g/mol. The molecule has 0 radical (unpaired) electrons. The van der Waals surface area contributed by atoms with Crippen LogP contribution in [-0.2, 0) is 14.8 Å². The molecule has 0 unspecified atom stereocenters. The van der Waals surface area contributed by atoms with Crippen LogP contribution in [0.2, 0.25) is 5.02 Å². The van der Waals surface area contributed by atoms with E-state index in [1.54, 1.807) is 0 Å². The molecule has 2 rings (SSSR count). The largest absolute Gasteiger partial charge is 0.492 e. The molecule has 8 heteroatoms. The number of halogens is 1. The van der Waals surface area contributed by atoms with Gasteiger partial charge in [0.1, 0.15) is 5.75 Å². The van der Waals surface area contributed by atoms with Crippen molar-refractivity contribution in [2.75, 3.05) is 11.9 Å². The number of para-hydroxylation sites is 1. The highest BCUT2D eigenvalue weighted by atomic mass is 35.5. The number of rotatable bonds is 8. The molecule has 2 aromatic rings. The number of amides is 1. The summed E-state index contributed by atoms with van der Waals surface area (Å²) < 4.78 is 33.1. The lowest BCUT2D eigenvalue weighted by atomic mass is 9.98. The molecule has 2 aromatic carbocycles. The fourth-order valence-electron chi connectivity index (χ4n) is 2.85. The standard InChI is InChI=1S/C21H27ClN2O4S/c1-6-28-19-11-10-16(12-18(19)22)29(26,27)24-15(5)21(25)23-20-14(4)8-7-9-17(20)13(2)3/h7-13,15,24H,6H2,1-5H3,(H,23,25)/t15-/m1/s1. The molecular formula is C21H27ClN2O4S. The lowest BCUT2D eigenvalue weighted by Gasteiger charge is -2.19. The summed E-state index contributed by atoms with van der Waals surface area (Å²) in [5.74, 6) is 0.171. The Morgan fingerprint density at radius 3 is 2.45 bits per heavy atom. The first-order valence-electron chi connectivity index (χ1n) is 9.41. The molecule has 0 aliphatic heterocycles. The number of hydrogen-bond acceptors (Lipinski definition) is 4. The minimum atomic E-state index is -3.94. The van der Waals surface area contributed by atoms with Gasteiger partial charge in [-0.2, -0.15) is 4.72 Å². The van der Waals surface area contributed by atoms with Crippen molar-refractivity contribution >= 4 is 33.2 Å². The maximum absolute atomic E-state index is 12.7. The molecule has 0 heterocycles. The summed E-state index contributed by atoms with van der Waals surface area (Å²) in [5.41, 5.74) is 2.62. The topological polar surface area (TPSA) is 84.5 Å². The zero-order valence-electron chi connectivity index (χ0n) is 17.2. The lowest BCUT2D eigenvalue weighted by Crippen LogP contribution is -2.41. The van der Waals surface area contributed by atoms with Gasteiger partial charge in [-0.05, 0) is 56.0 Å². The van der Waals surface area contributed by atoms with E-state index in [1.807, 2.05) is 45.9 Å². The van der Waals surface area contributed by atoms with E-state index < -0.39 is 22.0 Å². The van der Waals surface area contributed by atoms with Crippen molar-refractivity contribution < 1.29 is 17.9 Å². The smallest absolute Gasteiger partial charge is 0.242 e. The fraction of sp³-hybridized carbons (Fsp3) is 0.381. The molecule has 1 atom stereocenters. The predicted molar refractivity (Wildman–Crippen MR) is 116 cm³/mol. The number of aryl methyl sites for hydroxylation is 1. The minimum absolute atomic E-state index is 0.0376. The van der Waals surface area contributed by atoms with Gasteiger partial charge in [0.2, 0.25) is 15.9 Å². The molecule has 29 heavy (non-hydrogen) atoms. The zero-order valence-corrected chi connectivity index (χ0v) is 18.8. The Labute approximate surface area is 177 Å². The van der Waals surface area contributed by atoms with E-state index in [1.165, 1.54) is 25.1 Å². The number of anilines is 1. The van der Waals surface area contributed by atoms with Gasteiger partial charge < -0.3 is 10.1 Å². The van der Waals surface area contributed by atoms with Crippen LogP contribution in [0.3, 0.4) is 0 Å². The van der Waals surface area contributed by atoms with Crippen molar-refractivity contribution in [3.8, 4) is 5.75 Å². The van der Waals surface area contributed by atoms with Gasteiger partial charge in [-0.1, -0.05) is 43.6 Å². The second-order valence-electron chi connectivity index (χ2n) is 7.05. The molecule has 0 saturated carbocycles. The van der Waals surface area contributed by atoms with Crippen LogP contribution < -0.4 is 14.8 Å². The Morgan fingerprint density at radius 1 is 1.17 bits per heavy atom. The Balaban J connectivity index is 2.18. The van der Waals surface area contributed by atoms with Crippen molar-refractivity contribution in [2.24, 2.45) is 0 Å². The second kappa shape index (κ2) is 9.61. The van der Waals surface area contributed by atoms with E-state index in [-0.39, 0.29) is 15.8 Å². The number of benzene rings is 2. The zero-order chi connectivity index (χ0) is 21.8. The fourth-order valence-corrected chi connectivity index (χ4v) is 4.38. The van der Waals surface area contributed by atoms with Crippen LogP contribution in [-0.4, -0.2) is 27.0 Å². The number of carbonyl (C=O) groups excluding carboxylic acids is 1. The molecule has 1 amide bonds. The molecule has 2 N–H and O–H groups in total. The first kappa shape index (κ1) is 23.2. The molecule has 0 bridgehead atoms. The number of hydrogen-bond donors (Lipinski definition) is 2. The van der Waals surface area contributed by atoms with Crippen LogP contribution >= 0.6 is 11.6 Å². The third-order valence-corrected chi connectivity index (χ3v) is 6.25. The highest BCUT2D eigenvalue weighted by Gasteiger charge is 2.24. The van der Waals surface area contributed by atoms with Crippen molar-refractivity contribution in [1.82, 2.24) is 4.72 Å². The highest BCUT2D eigenvalue weighted by Crippen LogP contribution is 2.29. The summed E-state index contributed by atoms with van der Waals surface area (Å²) in [7, 11) is -3.94. The van der Waals surface area contributed by atoms with E-state index in [9.17, 15) is 13.2 Å². The molecule has 0 saturated heterocycles.